The molecule has 1 aliphatic heterocycles. The Hall–Kier alpha value is -1.28. The molecule has 0 atom stereocenters. The van der Waals surface area contributed by atoms with E-state index in [9.17, 15) is 4.79 Å². The number of benzene rings is 1. The summed E-state index contributed by atoms with van der Waals surface area (Å²) in [5.74, 6) is -0.153. The van der Waals surface area contributed by atoms with E-state index >= 15 is 0 Å². The van der Waals surface area contributed by atoms with Crippen LogP contribution >= 0.6 is 23.2 Å². The molecule has 1 aromatic rings. The van der Waals surface area contributed by atoms with E-state index in [1.54, 1.807) is 23.1 Å². The summed E-state index contributed by atoms with van der Waals surface area (Å²) >= 11 is 12.2. The first kappa shape index (κ1) is 16.1. The highest BCUT2D eigenvalue weighted by Gasteiger charge is 2.32. The fraction of sp³-hybridized carbons (Fsp3) is 0.467. The van der Waals surface area contributed by atoms with Crippen molar-refractivity contribution in [3.63, 3.8) is 0 Å². The number of hydrogen-bond donors (Lipinski definition) is 0. The van der Waals surface area contributed by atoms with Crippen LogP contribution in [0.15, 0.2) is 18.2 Å². The largest absolute Gasteiger partial charge is 0.336 e. The van der Waals surface area contributed by atoms with E-state index in [-0.39, 0.29) is 5.91 Å². The highest BCUT2D eigenvalue weighted by Crippen LogP contribution is 2.26. The van der Waals surface area contributed by atoms with Crippen molar-refractivity contribution in [1.82, 2.24) is 9.80 Å². The van der Waals surface area contributed by atoms with Gasteiger partial charge in [0.05, 0.1) is 21.7 Å². The highest BCUT2D eigenvalue weighted by molar-refractivity contribution is 6.39. The molecule has 6 heteroatoms. The van der Waals surface area contributed by atoms with Crippen molar-refractivity contribution in [3.05, 3.63) is 33.8 Å². The summed E-state index contributed by atoms with van der Waals surface area (Å²) in [5.41, 5.74) is -0.161. The summed E-state index contributed by atoms with van der Waals surface area (Å²) in [6.45, 7) is 6.21. The number of carbonyl (C=O) groups excluding carboxylic acids is 1. The molecule has 112 valence electrons. The van der Waals surface area contributed by atoms with E-state index in [1.165, 1.54) is 0 Å². The molecule has 0 N–H and O–H groups in total. The number of hydrogen-bond acceptors (Lipinski definition) is 3. The average Bonchev–Trinajstić information content (AvgIpc) is 2.47. The number of piperazine rings is 1. The standard InChI is InChI=1S/C15H17Cl2N3O/c1-15(2,10-18)20-8-6-19(7-9-20)14(21)13-11(16)4-3-5-12(13)17/h3-5H,6-9H2,1-2H3. The second kappa shape index (κ2) is 6.23. The summed E-state index contributed by atoms with van der Waals surface area (Å²) in [7, 11) is 0. The number of rotatable bonds is 2. The fourth-order valence-electron chi connectivity index (χ4n) is 2.40. The molecule has 1 amide bonds. The van der Waals surface area contributed by atoms with Gasteiger partial charge in [-0.3, -0.25) is 9.69 Å². The number of halogens is 2. The lowest BCUT2D eigenvalue weighted by molar-refractivity contribution is 0.0521. The molecular weight excluding hydrogens is 309 g/mol. The lowest BCUT2D eigenvalue weighted by Gasteiger charge is -2.40. The molecule has 0 radical (unpaired) electrons. The van der Waals surface area contributed by atoms with Gasteiger partial charge in [0.2, 0.25) is 0 Å². The van der Waals surface area contributed by atoms with E-state index in [0.717, 1.165) is 0 Å². The van der Waals surface area contributed by atoms with Crippen molar-refractivity contribution in [1.29, 1.82) is 5.26 Å². The first-order valence-electron chi connectivity index (χ1n) is 6.76. The van der Waals surface area contributed by atoms with Crippen LogP contribution in [0.25, 0.3) is 0 Å². The van der Waals surface area contributed by atoms with Gasteiger partial charge in [-0.25, -0.2) is 0 Å². The van der Waals surface area contributed by atoms with Gasteiger partial charge in [0, 0.05) is 26.2 Å². The van der Waals surface area contributed by atoms with Crippen LogP contribution in [0.4, 0.5) is 0 Å². The van der Waals surface area contributed by atoms with Crippen LogP contribution in [0.1, 0.15) is 24.2 Å². The Morgan fingerprint density at radius 2 is 1.71 bits per heavy atom. The normalized spacial score (nSPS) is 16.6. The molecule has 1 heterocycles. The fourth-order valence-corrected chi connectivity index (χ4v) is 2.96. The van der Waals surface area contributed by atoms with E-state index in [0.29, 0.717) is 41.8 Å². The predicted octanol–water partition coefficient (Wildman–Crippen LogP) is 3.05. The van der Waals surface area contributed by atoms with Gasteiger partial charge in [0.15, 0.2) is 0 Å². The zero-order valence-corrected chi connectivity index (χ0v) is 13.6. The van der Waals surface area contributed by atoms with Crippen LogP contribution in [-0.2, 0) is 0 Å². The first-order chi connectivity index (χ1) is 9.86. The number of nitriles is 1. The molecule has 0 bridgehead atoms. The van der Waals surface area contributed by atoms with Crippen molar-refractivity contribution >= 4 is 29.1 Å². The molecule has 1 fully saturated rings. The molecule has 0 spiro atoms. The Bertz CT molecular complexity index is 567. The van der Waals surface area contributed by atoms with E-state index < -0.39 is 5.54 Å². The smallest absolute Gasteiger partial charge is 0.256 e. The van der Waals surface area contributed by atoms with Crippen molar-refractivity contribution in [3.8, 4) is 6.07 Å². The van der Waals surface area contributed by atoms with Crippen LogP contribution in [-0.4, -0.2) is 47.4 Å². The molecule has 0 unspecified atom stereocenters. The minimum Gasteiger partial charge on any atom is -0.336 e. The lowest BCUT2D eigenvalue weighted by Crippen LogP contribution is -2.55. The maximum Gasteiger partial charge on any atom is 0.256 e. The number of carbonyl (C=O) groups is 1. The molecular formula is C15H17Cl2N3O. The summed E-state index contributed by atoms with van der Waals surface area (Å²) in [6, 6.07) is 7.33. The number of nitrogens with zero attached hydrogens (tertiary/aromatic N) is 3. The third kappa shape index (κ3) is 3.32. The molecule has 0 aliphatic carbocycles. The molecule has 21 heavy (non-hydrogen) atoms. The molecule has 4 nitrogen and oxygen atoms in total. The average molecular weight is 326 g/mol. The van der Waals surface area contributed by atoms with Gasteiger partial charge in [-0.05, 0) is 26.0 Å². The summed E-state index contributed by atoms with van der Waals surface area (Å²) in [6.07, 6.45) is 0. The Balaban J connectivity index is 2.10. The second-order valence-corrected chi connectivity index (χ2v) is 6.36. The third-order valence-corrected chi connectivity index (χ3v) is 4.44. The zero-order chi connectivity index (χ0) is 15.6. The quantitative estimate of drug-likeness (QED) is 0.839. The van der Waals surface area contributed by atoms with Crippen molar-refractivity contribution in [2.75, 3.05) is 26.2 Å². The zero-order valence-electron chi connectivity index (χ0n) is 12.1. The van der Waals surface area contributed by atoms with Gasteiger partial charge in [-0.15, -0.1) is 0 Å². The molecule has 1 aromatic carbocycles. The van der Waals surface area contributed by atoms with Crippen LogP contribution in [0.5, 0.6) is 0 Å². The Morgan fingerprint density at radius 1 is 1.19 bits per heavy atom. The molecule has 0 aromatic heterocycles. The van der Waals surface area contributed by atoms with Crippen molar-refractivity contribution in [2.45, 2.75) is 19.4 Å². The van der Waals surface area contributed by atoms with E-state index in [4.69, 9.17) is 28.5 Å². The van der Waals surface area contributed by atoms with Gasteiger partial charge < -0.3 is 4.90 Å². The molecule has 0 saturated carbocycles. The van der Waals surface area contributed by atoms with Crippen LogP contribution in [0.3, 0.4) is 0 Å². The first-order valence-corrected chi connectivity index (χ1v) is 7.52. The molecule has 1 aliphatic rings. The predicted molar refractivity (Wildman–Crippen MR) is 83.6 cm³/mol. The maximum atomic E-state index is 12.5. The van der Waals surface area contributed by atoms with Crippen molar-refractivity contribution in [2.24, 2.45) is 0 Å². The summed E-state index contributed by atoms with van der Waals surface area (Å²) in [5, 5.41) is 9.90. The van der Waals surface area contributed by atoms with Gasteiger partial charge in [0.25, 0.3) is 5.91 Å². The van der Waals surface area contributed by atoms with E-state index in [2.05, 4.69) is 11.0 Å². The SMILES string of the molecule is CC(C)(C#N)N1CCN(C(=O)c2c(Cl)cccc2Cl)CC1. The molecule has 1 saturated heterocycles. The maximum absolute atomic E-state index is 12.5. The van der Waals surface area contributed by atoms with Gasteiger partial charge in [0.1, 0.15) is 5.54 Å². The molecule has 2 rings (SSSR count). The van der Waals surface area contributed by atoms with Gasteiger partial charge in [-0.1, -0.05) is 29.3 Å². The van der Waals surface area contributed by atoms with Gasteiger partial charge >= 0.3 is 0 Å². The minimum absolute atomic E-state index is 0.153. The van der Waals surface area contributed by atoms with Crippen LogP contribution in [0.2, 0.25) is 10.0 Å². The monoisotopic (exact) mass is 325 g/mol. The second-order valence-electron chi connectivity index (χ2n) is 5.55. The van der Waals surface area contributed by atoms with Crippen LogP contribution < -0.4 is 0 Å². The Labute approximate surface area is 134 Å². The lowest BCUT2D eigenvalue weighted by atomic mass is 10.0. The minimum atomic E-state index is -0.517. The van der Waals surface area contributed by atoms with E-state index in [1.807, 2.05) is 13.8 Å². The number of amides is 1. The van der Waals surface area contributed by atoms with Crippen LogP contribution in [0, 0.1) is 11.3 Å². The summed E-state index contributed by atoms with van der Waals surface area (Å²) < 4.78 is 0. The van der Waals surface area contributed by atoms with Gasteiger partial charge in [-0.2, -0.15) is 5.26 Å². The third-order valence-electron chi connectivity index (χ3n) is 3.81. The topological polar surface area (TPSA) is 47.3 Å². The Kier molecular flexibility index (Phi) is 4.77. The van der Waals surface area contributed by atoms with Crippen molar-refractivity contribution < 1.29 is 4.79 Å². The summed E-state index contributed by atoms with van der Waals surface area (Å²) in [4.78, 5) is 16.3. The Morgan fingerprint density at radius 3 is 2.19 bits per heavy atom. The highest BCUT2D eigenvalue weighted by atomic mass is 35.5.